The summed E-state index contributed by atoms with van der Waals surface area (Å²) in [5, 5.41) is 2.80. The molecule has 0 bridgehead atoms. The van der Waals surface area contributed by atoms with Crippen LogP contribution in [0.5, 0.6) is 0 Å². The number of terminal acetylenes is 1. The van der Waals surface area contributed by atoms with Gasteiger partial charge in [0.05, 0.1) is 12.6 Å². The predicted octanol–water partition coefficient (Wildman–Crippen LogP) is 3.56. The van der Waals surface area contributed by atoms with Crippen molar-refractivity contribution in [1.29, 1.82) is 0 Å². The van der Waals surface area contributed by atoms with Crippen LogP contribution in [0.15, 0.2) is 48.5 Å². The second-order valence-corrected chi connectivity index (χ2v) is 6.74. The molecule has 1 amide bonds. The van der Waals surface area contributed by atoms with Gasteiger partial charge >= 0.3 is 6.09 Å². The quantitative estimate of drug-likeness (QED) is 0.860. The van der Waals surface area contributed by atoms with Crippen molar-refractivity contribution in [2.75, 3.05) is 19.8 Å². The number of hydrogen-bond donors (Lipinski definition) is 1. The molecule has 1 saturated heterocycles. The Labute approximate surface area is 153 Å². The predicted molar refractivity (Wildman–Crippen MR) is 99.8 cm³/mol. The first-order valence-corrected chi connectivity index (χ1v) is 8.93. The number of nitrogens with one attached hydrogen (secondary N) is 1. The number of rotatable bonds is 4. The van der Waals surface area contributed by atoms with Crippen LogP contribution in [-0.4, -0.2) is 32.0 Å². The molecule has 0 saturated carbocycles. The molecule has 2 aliphatic rings. The molecule has 132 valence electrons. The smallest absolute Gasteiger partial charge is 0.408 e. The van der Waals surface area contributed by atoms with Crippen molar-refractivity contribution in [3.63, 3.8) is 0 Å². The van der Waals surface area contributed by atoms with Crippen LogP contribution in [0.3, 0.4) is 0 Å². The molecule has 4 heteroatoms. The van der Waals surface area contributed by atoms with Gasteiger partial charge in [-0.15, -0.1) is 6.42 Å². The zero-order valence-electron chi connectivity index (χ0n) is 14.5. The Morgan fingerprint density at radius 3 is 2.42 bits per heavy atom. The summed E-state index contributed by atoms with van der Waals surface area (Å²) < 4.78 is 10.9. The van der Waals surface area contributed by atoms with Crippen molar-refractivity contribution in [1.82, 2.24) is 5.32 Å². The molecule has 0 aromatic heterocycles. The number of fused-ring (bicyclic) bond motifs is 3. The van der Waals surface area contributed by atoms with Gasteiger partial charge < -0.3 is 14.8 Å². The topological polar surface area (TPSA) is 47.6 Å². The van der Waals surface area contributed by atoms with Crippen molar-refractivity contribution in [3.05, 3.63) is 59.7 Å². The highest BCUT2D eigenvalue weighted by atomic mass is 16.5. The molecule has 4 rings (SSSR count). The molecule has 1 aliphatic carbocycles. The average Bonchev–Trinajstić information content (AvgIpc) is 3.31. The van der Waals surface area contributed by atoms with E-state index in [1.165, 1.54) is 22.3 Å². The highest BCUT2D eigenvalue weighted by molar-refractivity contribution is 5.79. The molecule has 2 atom stereocenters. The summed E-state index contributed by atoms with van der Waals surface area (Å²) in [6.07, 6.45) is 5.96. The Morgan fingerprint density at radius 2 is 1.85 bits per heavy atom. The van der Waals surface area contributed by atoms with E-state index >= 15 is 0 Å². The Balaban J connectivity index is 1.44. The fourth-order valence-corrected chi connectivity index (χ4v) is 3.88. The summed E-state index contributed by atoms with van der Waals surface area (Å²) in [6.45, 7) is 1.56. The normalized spacial score (nSPS) is 19.3. The van der Waals surface area contributed by atoms with Crippen LogP contribution in [0, 0.1) is 18.3 Å². The lowest BCUT2D eigenvalue weighted by atomic mass is 9.98. The molecule has 4 nitrogen and oxygen atoms in total. The SMILES string of the molecule is C#CC(NC(=O)OCC1c2ccccc2-c2ccccc21)C1CCOC1. The second-order valence-electron chi connectivity index (χ2n) is 6.74. The lowest BCUT2D eigenvalue weighted by Gasteiger charge is -2.19. The maximum absolute atomic E-state index is 12.3. The minimum absolute atomic E-state index is 0.0484. The largest absolute Gasteiger partial charge is 0.449 e. The van der Waals surface area contributed by atoms with Crippen molar-refractivity contribution >= 4 is 6.09 Å². The lowest BCUT2D eigenvalue weighted by Crippen LogP contribution is -2.40. The van der Waals surface area contributed by atoms with Gasteiger partial charge in [-0.2, -0.15) is 0 Å². The third-order valence-corrected chi connectivity index (χ3v) is 5.23. The summed E-state index contributed by atoms with van der Waals surface area (Å²) in [4.78, 5) is 12.3. The Bertz CT molecular complexity index is 803. The number of amides is 1. The van der Waals surface area contributed by atoms with E-state index in [0.29, 0.717) is 13.2 Å². The number of hydrogen-bond acceptors (Lipinski definition) is 3. The van der Waals surface area contributed by atoms with Gasteiger partial charge in [0, 0.05) is 18.4 Å². The highest BCUT2D eigenvalue weighted by Crippen LogP contribution is 2.44. The number of alkyl carbamates (subject to hydrolysis) is 1. The van der Waals surface area contributed by atoms with Gasteiger partial charge in [-0.1, -0.05) is 54.5 Å². The zero-order chi connectivity index (χ0) is 17.9. The van der Waals surface area contributed by atoms with Gasteiger partial charge in [0.1, 0.15) is 6.61 Å². The van der Waals surface area contributed by atoms with Crippen LogP contribution in [0.4, 0.5) is 4.79 Å². The number of carbonyl (C=O) groups excluding carboxylic acids is 1. The van der Waals surface area contributed by atoms with E-state index in [9.17, 15) is 4.79 Å². The van der Waals surface area contributed by atoms with Crippen molar-refractivity contribution in [2.45, 2.75) is 18.4 Å². The Kier molecular flexibility index (Phi) is 4.64. The van der Waals surface area contributed by atoms with Crippen LogP contribution >= 0.6 is 0 Å². The first-order valence-electron chi connectivity index (χ1n) is 8.93. The summed E-state index contributed by atoms with van der Waals surface area (Å²) in [7, 11) is 0. The molecule has 1 N–H and O–H groups in total. The first kappa shape index (κ1) is 16.7. The van der Waals surface area contributed by atoms with Gasteiger partial charge in [0.15, 0.2) is 0 Å². The fourth-order valence-electron chi connectivity index (χ4n) is 3.88. The van der Waals surface area contributed by atoms with Gasteiger partial charge in [0.25, 0.3) is 0 Å². The third-order valence-electron chi connectivity index (χ3n) is 5.23. The Morgan fingerprint density at radius 1 is 1.19 bits per heavy atom. The zero-order valence-corrected chi connectivity index (χ0v) is 14.5. The van der Waals surface area contributed by atoms with E-state index in [2.05, 4.69) is 35.5 Å². The van der Waals surface area contributed by atoms with Crippen LogP contribution < -0.4 is 5.32 Å². The van der Waals surface area contributed by atoms with E-state index in [0.717, 1.165) is 6.42 Å². The molecular formula is C22H21NO3. The maximum atomic E-state index is 12.3. The molecule has 0 spiro atoms. The van der Waals surface area contributed by atoms with E-state index in [-0.39, 0.29) is 24.5 Å². The number of carbonyl (C=O) groups is 1. The van der Waals surface area contributed by atoms with Crippen LogP contribution in [0.25, 0.3) is 11.1 Å². The Hall–Kier alpha value is -2.77. The molecular weight excluding hydrogens is 326 g/mol. The lowest BCUT2D eigenvalue weighted by molar-refractivity contribution is 0.136. The van der Waals surface area contributed by atoms with Crippen molar-refractivity contribution < 1.29 is 14.3 Å². The van der Waals surface area contributed by atoms with Crippen molar-refractivity contribution in [3.8, 4) is 23.5 Å². The fraction of sp³-hybridized carbons (Fsp3) is 0.318. The van der Waals surface area contributed by atoms with Crippen LogP contribution in [-0.2, 0) is 9.47 Å². The van der Waals surface area contributed by atoms with E-state index in [1.807, 2.05) is 24.3 Å². The number of ether oxygens (including phenoxy) is 2. The summed E-state index contributed by atoms with van der Waals surface area (Å²) in [6, 6.07) is 16.2. The van der Waals surface area contributed by atoms with Crippen molar-refractivity contribution in [2.24, 2.45) is 5.92 Å². The minimum Gasteiger partial charge on any atom is -0.449 e. The summed E-state index contributed by atoms with van der Waals surface area (Å²) in [5.74, 6) is 2.84. The average molecular weight is 347 g/mol. The molecule has 0 radical (unpaired) electrons. The van der Waals surface area contributed by atoms with E-state index in [1.54, 1.807) is 0 Å². The van der Waals surface area contributed by atoms with E-state index < -0.39 is 6.09 Å². The maximum Gasteiger partial charge on any atom is 0.408 e. The summed E-state index contributed by atoms with van der Waals surface area (Å²) >= 11 is 0. The standard InChI is InChI=1S/C22H21NO3/c1-2-21(15-11-12-25-13-15)23-22(24)26-14-20-18-9-5-3-7-16(18)17-8-4-6-10-19(17)20/h1,3-10,15,20-21H,11-14H2,(H,23,24). The second kappa shape index (κ2) is 7.23. The minimum atomic E-state index is -0.471. The summed E-state index contributed by atoms with van der Waals surface area (Å²) in [5.41, 5.74) is 4.81. The number of benzene rings is 2. The van der Waals surface area contributed by atoms with Crippen LogP contribution in [0.1, 0.15) is 23.5 Å². The molecule has 2 aromatic carbocycles. The first-order chi connectivity index (χ1) is 12.8. The van der Waals surface area contributed by atoms with Gasteiger partial charge in [-0.25, -0.2) is 4.79 Å². The van der Waals surface area contributed by atoms with E-state index in [4.69, 9.17) is 15.9 Å². The molecule has 2 unspecified atom stereocenters. The molecule has 1 heterocycles. The molecule has 26 heavy (non-hydrogen) atoms. The van der Waals surface area contributed by atoms with Gasteiger partial charge in [-0.3, -0.25) is 0 Å². The van der Waals surface area contributed by atoms with Crippen LogP contribution in [0.2, 0.25) is 0 Å². The molecule has 2 aromatic rings. The molecule has 1 aliphatic heterocycles. The van der Waals surface area contributed by atoms with Gasteiger partial charge in [-0.05, 0) is 28.7 Å². The highest BCUT2D eigenvalue weighted by Gasteiger charge is 2.30. The monoisotopic (exact) mass is 347 g/mol. The molecule has 1 fully saturated rings. The third kappa shape index (κ3) is 3.07. The van der Waals surface area contributed by atoms with Gasteiger partial charge in [0.2, 0.25) is 0 Å².